The average Bonchev–Trinajstić information content (AvgIpc) is 2.64. The maximum atomic E-state index is 14.0. The first-order valence-electron chi connectivity index (χ1n) is 7.61. The molecule has 8 heteroatoms. The van der Waals surface area contributed by atoms with E-state index in [9.17, 15) is 18.7 Å². The van der Waals surface area contributed by atoms with Gasteiger partial charge >= 0.3 is 0 Å². The van der Waals surface area contributed by atoms with Crippen molar-refractivity contribution in [2.75, 3.05) is 20.3 Å². The summed E-state index contributed by atoms with van der Waals surface area (Å²) in [5.74, 6) is -3.85. The van der Waals surface area contributed by atoms with E-state index in [2.05, 4.69) is 9.97 Å². The highest BCUT2D eigenvalue weighted by atomic mass is 19.1. The molecule has 0 unspecified atom stereocenters. The molecule has 0 spiro atoms. The number of carbonyl (C=O) groups excluding carboxylic acids is 1. The highest BCUT2D eigenvalue weighted by molar-refractivity contribution is 6.10. The Balaban J connectivity index is 1.97. The van der Waals surface area contributed by atoms with Crippen molar-refractivity contribution in [1.29, 1.82) is 0 Å². The molecule has 0 amide bonds. The number of hydrogen-bond donors (Lipinski definition) is 1. The first kappa shape index (κ1) is 17.7. The zero-order valence-electron chi connectivity index (χ0n) is 13.7. The number of methoxy groups -OCH3 is 1. The number of nitrogens with zero attached hydrogens (tertiary/aromatic N) is 2. The Kier molecular flexibility index (Phi) is 5.04. The van der Waals surface area contributed by atoms with Crippen LogP contribution in [0.2, 0.25) is 0 Å². The van der Waals surface area contributed by atoms with Crippen molar-refractivity contribution < 1.29 is 28.2 Å². The van der Waals surface area contributed by atoms with Gasteiger partial charge in [-0.05, 0) is 30.3 Å². The number of aromatic hydroxyl groups is 1. The van der Waals surface area contributed by atoms with E-state index in [4.69, 9.17) is 9.47 Å². The summed E-state index contributed by atoms with van der Waals surface area (Å²) in [5, 5.41) is 9.39. The van der Waals surface area contributed by atoms with Crippen LogP contribution in [0.15, 0.2) is 36.5 Å². The van der Waals surface area contributed by atoms with E-state index in [1.54, 1.807) is 0 Å². The Bertz CT molecular complexity index is 979. The van der Waals surface area contributed by atoms with Gasteiger partial charge in [0.25, 0.3) is 0 Å². The molecule has 6 nitrogen and oxygen atoms in total. The van der Waals surface area contributed by atoms with E-state index < -0.39 is 28.7 Å². The molecule has 0 radical (unpaired) electrons. The number of benzene rings is 2. The number of hydrogen-bond acceptors (Lipinski definition) is 6. The molecule has 0 aliphatic heterocycles. The minimum Gasteiger partial charge on any atom is -0.505 e. The lowest BCUT2D eigenvalue weighted by Crippen LogP contribution is -2.08. The summed E-state index contributed by atoms with van der Waals surface area (Å²) in [5.41, 5.74) is -0.0155. The Labute approximate surface area is 147 Å². The number of phenolic OH excluding ortho intramolecular Hbond substituents is 1. The van der Waals surface area contributed by atoms with Crippen LogP contribution in [0.3, 0.4) is 0 Å². The molecule has 3 rings (SSSR count). The third-order valence-electron chi connectivity index (χ3n) is 3.62. The molecular formula is C18H14F2N2O4. The molecule has 1 aromatic heterocycles. The van der Waals surface area contributed by atoms with Gasteiger partial charge in [-0.2, -0.15) is 0 Å². The molecule has 26 heavy (non-hydrogen) atoms. The molecule has 0 fully saturated rings. The van der Waals surface area contributed by atoms with Crippen LogP contribution in [0, 0.1) is 11.6 Å². The summed E-state index contributed by atoms with van der Waals surface area (Å²) in [4.78, 5) is 20.9. The monoisotopic (exact) mass is 360 g/mol. The van der Waals surface area contributed by atoms with Crippen LogP contribution in [0.1, 0.15) is 15.9 Å². The second kappa shape index (κ2) is 7.40. The van der Waals surface area contributed by atoms with Gasteiger partial charge in [0.05, 0.1) is 29.4 Å². The minimum atomic E-state index is -1.31. The molecule has 134 valence electrons. The number of rotatable bonds is 6. The van der Waals surface area contributed by atoms with Gasteiger partial charge in [0, 0.05) is 12.7 Å². The highest BCUT2D eigenvalue weighted by Gasteiger charge is 2.22. The Morgan fingerprint density at radius 3 is 2.73 bits per heavy atom. The molecule has 0 saturated carbocycles. The number of fused-ring (bicyclic) bond motifs is 1. The van der Waals surface area contributed by atoms with E-state index in [0.29, 0.717) is 17.6 Å². The van der Waals surface area contributed by atoms with Crippen LogP contribution in [0.25, 0.3) is 11.0 Å². The zero-order chi connectivity index (χ0) is 18.7. The summed E-state index contributed by atoms with van der Waals surface area (Å²) < 4.78 is 38.1. The van der Waals surface area contributed by atoms with Gasteiger partial charge < -0.3 is 14.6 Å². The molecule has 2 aromatic carbocycles. The molecule has 1 N–H and O–H groups in total. The third kappa shape index (κ3) is 3.45. The topological polar surface area (TPSA) is 81.5 Å². The molecule has 0 bridgehead atoms. The maximum absolute atomic E-state index is 14.0. The Morgan fingerprint density at radius 2 is 1.96 bits per heavy atom. The summed E-state index contributed by atoms with van der Waals surface area (Å²) in [7, 11) is 1.53. The largest absolute Gasteiger partial charge is 0.505 e. The maximum Gasteiger partial charge on any atom is 0.232 e. The standard InChI is InChI=1S/C18H14F2N2O4/c1-25-6-7-26-15-9-21-12-4-2-10(8-13(12)22-15)18(24)16-11(19)3-5-14(23)17(16)20/h2-5,8-9,23H,6-7H2,1H3. The molecule has 0 aliphatic rings. The SMILES string of the molecule is COCCOc1cnc2ccc(C(=O)c3c(F)ccc(O)c3F)cc2n1. The summed E-state index contributed by atoms with van der Waals surface area (Å²) in [6, 6.07) is 5.92. The van der Waals surface area contributed by atoms with Crippen molar-refractivity contribution >= 4 is 16.8 Å². The summed E-state index contributed by atoms with van der Waals surface area (Å²) in [6.07, 6.45) is 1.42. The van der Waals surface area contributed by atoms with E-state index in [0.717, 1.165) is 12.1 Å². The number of phenols is 1. The van der Waals surface area contributed by atoms with E-state index in [-0.39, 0.29) is 18.1 Å². The normalized spacial score (nSPS) is 10.9. The Hall–Kier alpha value is -3.13. The zero-order valence-corrected chi connectivity index (χ0v) is 13.7. The molecule has 0 saturated heterocycles. The van der Waals surface area contributed by atoms with Crippen molar-refractivity contribution in [3.05, 3.63) is 59.3 Å². The van der Waals surface area contributed by atoms with E-state index >= 15 is 0 Å². The fourth-order valence-electron chi connectivity index (χ4n) is 2.33. The van der Waals surface area contributed by atoms with Crippen molar-refractivity contribution in [1.82, 2.24) is 9.97 Å². The van der Waals surface area contributed by atoms with Crippen LogP contribution in [-0.4, -0.2) is 41.2 Å². The predicted octanol–water partition coefficient (Wildman–Crippen LogP) is 2.87. The number of halogens is 2. The highest BCUT2D eigenvalue weighted by Crippen LogP contribution is 2.25. The number of aromatic nitrogens is 2. The fraction of sp³-hybridized carbons (Fsp3) is 0.167. The fourth-order valence-corrected chi connectivity index (χ4v) is 2.33. The van der Waals surface area contributed by atoms with E-state index in [1.165, 1.54) is 31.5 Å². The first-order valence-corrected chi connectivity index (χ1v) is 7.61. The van der Waals surface area contributed by atoms with Crippen molar-refractivity contribution in [3.8, 4) is 11.6 Å². The van der Waals surface area contributed by atoms with E-state index in [1.807, 2.05) is 0 Å². The number of carbonyl (C=O) groups is 1. The van der Waals surface area contributed by atoms with Crippen molar-refractivity contribution in [3.63, 3.8) is 0 Å². The van der Waals surface area contributed by atoms with Crippen LogP contribution in [0.5, 0.6) is 11.6 Å². The predicted molar refractivity (Wildman–Crippen MR) is 88.4 cm³/mol. The number of ketones is 1. The van der Waals surface area contributed by atoms with Gasteiger partial charge in [-0.1, -0.05) is 0 Å². The smallest absolute Gasteiger partial charge is 0.232 e. The van der Waals surface area contributed by atoms with Gasteiger partial charge in [-0.25, -0.2) is 18.7 Å². The molecule has 0 aliphatic carbocycles. The second-order valence-electron chi connectivity index (χ2n) is 5.34. The third-order valence-corrected chi connectivity index (χ3v) is 3.62. The first-order chi connectivity index (χ1) is 12.5. The van der Waals surface area contributed by atoms with Crippen molar-refractivity contribution in [2.45, 2.75) is 0 Å². The van der Waals surface area contributed by atoms with Crippen LogP contribution in [0.4, 0.5) is 8.78 Å². The van der Waals surface area contributed by atoms with Crippen LogP contribution >= 0.6 is 0 Å². The number of ether oxygens (including phenoxy) is 2. The van der Waals surface area contributed by atoms with Crippen molar-refractivity contribution in [2.24, 2.45) is 0 Å². The van der Waals surface area contributed by atoms with Crippen LogP contribution < -0.4 is 4.74 Å². The molecule has 0 atom stereocenters. The molecule has 3 aromatic rings. The summed E-state index contributed by atoms with van der Waals surface area (Å²) in [6.45, 7) is 0.642. The minimum absolute atomic E-state index is 0.00393. The Morgan fingerprint density at radius 1 is 1.15 bits per heavy atom. The van der Waals surface area contributed by atoms with Gasteiger partial charge in [0.15, 0.2) is 17.3 Å². The lowest BCUT2D eigenvalue weighted by Gasteiger charge is -2.08. The summed E-state index contributed by atoms with van der Waals surface area (Å²) >= 11 is 0. The van der Waals surface area contributed by atoms with Gasteiger partial charge in [0.1, 0.15) is 12.4 Å². The van der Waals surface area contributed by atoms with Crippen LogP contribution in [-0.2, 0) is 4.74 Å². The lowest BCUT2D eigenvalue weighted by atomic mass is 10.0. The lowest BCUT2D eigenvalue weighted by molar-refractivity contribution is 0.103. The average molecular weight is 360 g/mol. The quantitative estimate of drug-likeness (QED) is 0.538. The molecule has 1 heterocycles. The van der Waals surface area contributed by atoms with Gasteiger partial charge in [0.2, 0.25) is 5.88 Å². The van der Waals surface area contributed by atoms with Gasteiger partial charge in [-0.15, -0.1) is 0 Å². The second-order valence-corrected chi connectivity index (χ2v) is 5.34. The molecular weight excluding hydrogens is 346 g/mol. The van der Waals surface area contributed by atoms with Gasteiger partial charge in [-0.3, -0.25) is 4.79 Å².